The number of aryl methyl sites for hydroxylation is 1. The van der Waals surface area contributed by atoms with E-state index < -0.39 is 6.04 Å². The van der Waals surface area contributed by atoms with Crippen LogP contribution in [0.1, 0.15) is 35.2 Å². The molecule has 1 N–H and O–H groups in total. The number of amides is 1. The third kappa shape index (κ3) is 6.31. The molecule has 1 aliphatic heterocycles. The fourth-order valence-electron chi connectivity index (χ4n) is 6.24. The standard InChI is InChI=1S/C41H35N3O5S/c1-25-10-5-8-15-33(25)43-39(45)37-26(2)42-41-44(38(37)29-18-21-34(47-3)35(23-29)48-4)40(46)36(50-41)22-27-16-19-31(20-17-27)49-24-30-13-9-12-28-11-6-7-14-32(28)30/h5-23,38H,24H2,1-4H3,(H,43,45)/b36-22+/t38-/m0/s1. The number of hydrogen-bond acceptors (Lipinski definition) is 7. The number of benzene rings is 5. The molecule has 7 rings (SSSR count). The number of allylic oxidation sites excluding steroid dienone is 1. The van der Waals surface area contributed by atoms with Crippen LogP contribution in [0.2, 0.25) is 0 Å². The number of carbonyl (C=O) groups excluding carboxylic acids is 1. The number of thiazole rings is 1. The second-order valence-corrected chi connectivity index (χ2v) is 13.0. The summed E-state index contributed by atoms with van der Waals surface area (Å²) in [5.74, 6) is 1.42. The van der Waals surface area contributed by atoms with Gasteiger partial charge in [0, 0.05) is 5.69 Å². The van der Waals surface area contributed by atoms with Crippen molar-refractivity contribution in [3.8, 4) is 17.2 Å². The van der Waals surface area contributed by atoms with Crippen LogP contribution in [-0.4, -0.2) is 24.7 Å². The molecular weight excluding hydrogens is 647 g/mol. The van der Waals surface area contributed by atoms with Gasteiger partial charge in [-0.2, -0.15) is 0 Å². The molecule has 0 unspecified atom stereocenters. The van der Waals surface area contributed by atoms with Gasteiger partial charge in [0.15, 0.2) is 16.3 Å². The van der Waals surface area contributed by atoms with E-state index in [9.17, 15) is 9.59 Å². The summed E-state index contributed by atoms with van der Waals surface area (Å²) < 4.78 is 19.3. The van der Waals surface area contributed by atoms with E-state index in [1.807, 2.05) is 85.8 Å². The van der Waals surface area contributed by atoms with Crippen molar-refractivity contribution in [3.63, 3.8) is 0 Å². The van der Waals surface area contributed by atoms with E-state index in [0.717, 1.165) is 22.4 Å². The molecule has 50 heavy (non-hydrogen) atoms. The third-order valence-corrected chi connectivity index (χ3v) is 9.82. The van der Waals surface area contributed by atoms with Gasteiger partial charge in [0.25, 0.3) is 11.5 Å². The number of ether oxygens (including phenoxy) is 3. The number of anilines is 1. The number of para-hydroxylation sites is 1. The Morgan fingerprint density at radius 3 is 2.40 bits per heavy atom. The average molecular weight is 682 g/mol. The molecular formula is C41H35N3O5S. The summed E-state index contributed by atoms with van der Waals surface area (Å²) in [6, 6.07) is 34.4. The van der Waals surface area contributed by atoms with Gasteiger partial charge in [-0.1, -0.05) is 90.2 Å². The van der Waals surface area contributed by atoms with E-state index in [1.54, 1.807) is 37.8 Å². The molecule has 1 atom stereocenters. The molecule has 0 radical (unpaired) electrons. The zero-order valence-electron chi connectivity index (χ0n) is 28.1. The van der Waals surface area contributed by atoms with Gasteiger partial charge in [0.1, 0.15) is 12.4 Å². The monoisotopic (exact) mass is 681 g/mol. The number of aromatic nitrogens is 1. The van der Waals surface area contributed by atoms with Crippen LogP contribution in [0.15, 0.2) is 130 Å². The minimum absolute atomic E-state index is 0.251. The zero-order chi connectivity index (χ0) is 34.8. The van der Waals surface area contributed by atoms with Crippen LogP contribution in [-0.2, 0) is 11.4 Å². The smallest absolute Gasteiger partial charge is 0.271 e. The van der Waals surface area contributed by atoms with Crippen LogP contribution in [0.4, 0.5) is 5.69 Å². The molecule has 0 fully saturated rings. The Morgan fingerprint density at radius 2 is 1.62 bits per heavy atom. The Morgan fingerprint density at radius 1 is 0.880 bits per heavy atom. The van der Waals surface area contributed by atoms with E-state index >= 15 is 0 Å². The van der Waals surface area contributed by atoms with Gasteiger partial charge in [-0.05, 0) is 83.3 Å². The summed E-state index contributed by atoms with van der Waals surface area (Å²) in [6.45, 7) is 4.17. The van der Waals surface area contributed by atoms with Gasteiger partial charge in [0.05, 0.1) is 36.1 Å². The predicted octanol–water partition coefficient (Wildman–Crippen LogP) is 6.93. The maximum absolute atomic E-state index is 14.2. The maximum atomic E-state index is 14.2. The largest absolute Gasteiger partial charge is 0.493 e. The second kappa shape index (κ2) is 13.9. The van der Waals surface area contributed by atoms with Gasteiger partial charge < -0.3 is 19.5 Å². The van der Waals surface area contributed by atoms with E-state index in [0.29, 0.717) is 50.0 Å². The fourth-order valence-corrected chi connectivity index (χ4v) is 7.29. The highest BCUT2D eigenvalue weighted by atomic mass is 32.1. The van der Waals surface area contributed by atoms with Gasteiger partial charge in [-0.25, -0.2) is 4.99 Å². The van der Waals surface area contributed by atoms with E-state index in [4.69, 9.17) is 19.2 Å². The van der Waals surface area contributed by atoms with Crippen LogP contribution >= 0.6 is 11.3 Å². The molecule has 1 amide bonds. The minimum atomic E-state index is -0.762. The number of hydrogen-bond donors (Lipinski definition) is 1. The molecule has 0 bridgehead atoms. The van der Waals surface area contributed by atoms with E-state index in [1.165, 1.54) is 22.1 Å². The number of methoxy groups -OCH3 is 2. The normalized spacial score (nSPS) is 14.2. The van der Waals surface area contributed by atoms with Crippen LogP contribution in [0.5, 0.6) is 17.2 Å². The van der Waals surface area contributed by atoms with E-state index in [-0.39, 0.29) is 11.5 Å². The highest BCUT2D eigenvalue weighted by Crippen LogP contribution is 2.36. The summed E-state index contributed by atoms with van der Waals surface area (Å²) in [5.41, 5.74) is 4.88. The molecule has 9 heteroatoms. The van der Waals surface area contributed by atoms with Crippen molar-refractivity contribution in [2.75, 3.05) is 19.5 Å². The van der Waals surface area contributed by atoms with E-state index in [2.05, 4.69) is 29.6 Å². The van der Waals surface area contributed by atoms with Crippen molar-refractivity contribution in [2.45, 2.75) is 26.5 Å². The first kappa shape index (κ1) is 32.6. The second-order valence-electron chi connectivity index (χ2n) is 12.0. The molecule has 1 aliphatic rings. The summed E-state index contributed by atoms with van der Waals surface area (Å²) >= 11 is 1.28. The quantitative estimate of drug-likeness (QED) is 0.179. The van der Waals surface area contributed by atoms with Gasteiger partial charge >= 0.3 is 0 Å². The first-order chi connectivity index (χ1) is 24.3. The van der Waals surface area contributed by atoms with Crippen molar-refractivity contribution >= 4 is 39.8 Å². The van der Waals surface area contributed by atoms with Gasteiger partial charge in [-0.15, -0.1) is 0 Å². The summed E-state index contributed by atoms with van der Waals surface area (Å²) in [4.78, 5) is 33.6. The predicted molar refractivity (Wildman–Crippen MR) is 198 cm³/mol. The highest BCUT2D eigenvalue weighted by Gasteiger charge is 2.33. The molecule has 8 nitrogen and oxygen atoms in total. The van der Waals surface area contributed by atoms with Crippen LogP contribution < -0.4 is 34.4 Å². The lowest BCUT2D eigenvalue weighted by Gasteiger charge is -2.26. The average Bonchev–Trinajstić information content (AvgIpc) is 3.44. The number of carbonyl (C=O) groups is 1. The minimum Gasteiger partial charge on any atom is -0.493 e. The van der Waals surface area contributed by atoms with Crippen LogP contribution in [0.3, 0.4) is 0 Å². The summed E-state index contributed by atoms with van der Waals surface area (Å²) in [5, 5.41) is 5.39. The molecule has 0 spiro atoms. The van der Waals surface area contributed by atoms with Crippen LogP contribution in [0, 0.1) is 6.92 Å². The van der Waals surface area contributed by atoms with Crippen molar-refractivity contribution in [2.24, 2.45) is 4.99 Å². The Balaban J connectivity index is 1.23. The van der Waals surface area contributed by atoms with Crippen molar-refractivity contribution < 1.29 is 19.0 Å². The Labute approximate surface area is 293 Å². The molecule has 250 valence electrons. The third-order valence-electron chi connectivity index (χ3n) is 8.84. The lowest BCUT2D eigenvalue weighted by molar-refractivity contribution is -0.113. The van der Waals surface area contributed by atoms with Crippen LogP contribution in [0.25, 0.3) is 16.8 Å². The SMILES string of the molecule is COc1ccc([C@H]2C(C(=O)Nc3ccccc3C)=C(C)N=c3s/c(=C/c4ccc(OCc5cccc6ccccc56)cc4)c(=O)n32)cc1OC. The van der Waals surface area contributed by atoms with Crippen molar-refractivity contribution in [1.29, 1.82) is 0 Å². The molecule has 0 aliphatic carbocycles. The molecule has 0 saturated heterocycles. The fraction of sp³-hybridized carbons (Fsp3) is 0.146. The lowest BCUT2D eigenvalue weighted by atomic mass is 9.94. The van der Waals surface area contributed by atoms with Gasteiger partial charge in [0.2, 0.25) is 0 Å². The maximum Gasteiger partial charge on any atom is 0.271 e. The van der Waals surface area contributed by atoms with Crippen molar-refractivity contribution in [1.82, 2.24) is 4.57 Å². The first-order valence-electron chi connectivity index (χ1n) is 16.2. The number of rotatable bonds is 9. The molecule has 2 heterocycles. The Hall–Kier alpha value is -5.93. The Kier molecular flexibility index (Phi) is 9.06. The van der Waals surface area contributed by atoms with Crippen molar-refractivity contribution in [3.05, 3.63) is 162 Å². The molecule has 6 aromatic rings. The first-order valence-corrected chi connectivity index (χ1v) is 17.0. The number of nitrogens with one attached hydrogen (secondary N) is 1. The molecule has 0 saturated carbocycles. The van der Waals surface area contributed by atoms with Gasteiger partial charge in [-0.3, -0.25) is 14.2 Å². The topological polar surface area (TPSA) is 91.2 Å². The highest BCUT2D eigenvalue weighted by molar-refractivity contribution is 7.07. The molecule has 5 aromatic carbocycles. The molecule has 1 aromatic heterocycles. The number of nitrogens with zero attached hydrogens (tertiary/aromatic N) is 2. The number of fused-ring (bicyclic) bond motifs is 2. The summed E-state index contributed by atoms with van der Waals surface area (Å²) in [7, 11) is 3.12. The zero-order valence-corrected chi connectivity index (χ0v) is 28.9. The Bertz CT molecular complexity index is 2460. The lowest BCUT2D eigenvalue weighted by Crippen LogP contribution is -2.40. The summed E-state index contributed by atoms with van der Waals surface area (Å²) in [6.07, 6.45) is 1.84.